The molecule has 2 nitrogen and oxygen atoms in total. The van der Waals surface area contributed by atoms with Crippen molar-refractivity contribution in [1.82, 2.24) is 4.90 Å². The van der Waals surface area contributed by atoms with Crippen LogP contribution in [0.3, 0.4) is 0 Å². The van der Waals surface area contributed by atoms with Gasteiger partial charge in [-0.05, 0) is 37.3 Å². The molecule has 98 valence electrons. The lowest BCUT2D eigenvalue weighted by molar-refractivity contribution is 0.0310. The van der Waals surface area contributed by atoms with E-state index in [1.54, 1.807) is 0 Å². The van der Waals surface area contributed by atoms with Crippen molar-refractivity contribution in [3.05, 3.63) is 33.8 Å². The first kappa shape index (κ1) is 12.7. The number of fused-ring (bicyclic) bond motifs is 2. The van der Waals surface area contributed by atoms with E-state index in [2.05, 4.69) is 4.90 Å². The zero-order valence-corrected chi connectivity index (χ0v) is 11.7. The van der Waals surface area contributed by atoms with Gasteiger partial charge in [-0.3, -0.25) is 4.90 Å². The molecule has 4 heteroatoms. The first-order chi connectivity index (χ1) is 8.65. The van der Waals surface area contributed by atoms with Crippen LogP contribution < -0.4 is 0 Å². The molecule has 2 bridgehead atoms. The summed E-state index contributed by atoms with van der Waals surface area (Å²) in [6, 6.07) is 6.83. The minimum Gasteiger partial charge on any atom is -0.393 e. The zero-order chi connectivity index (χ0) is 12.7. The van der Waals surface area contributed by atoms with E-state index in [4.69, 9.17) is 23.2 Å². The number of piperidine rings is 1. The van der Waals surface area contributed by atoms with Gasteiger partial charge in [0.2, 0.25) is 0 Å². The molecule has 3 rings (SSSR count). The molecular formula is C14H17Cl2NO. The van der Waals surface area contributed by atoms with E-state index in [-0.39, 0.29) is 6.10 Å². The highest BCUT2D eigenvalue weighted by Gasteiger charge is 2.40. The van der Waals surface area contributed by atoms with E-state index in [0.717, 1.165) is 24.9 Å². The molecule has 2 aliphatic heterocycles. The van der Waals surface area contributed by atoms with Crippen LogP contribution >= 0.6 is 23.2 Å². The number of nitrogens with zero attached hydrogens (tertiary/aromatic N) is 1. The Morgan fingerprint density at radius 1 is 1.17 bits per heavy atom. The second-order valence-corrected chi connectivity index (χ2v) is 6.18. The molecule has 2 atom stereocenters. The van der Waals surface area contributed by atoms with E-state index in [1.165, 1.54) is 12.8 Å². The minimum absolute atomic E-state index is 0.117. The Hall–Kier alpha value is -0.280. The predicted octanol–water partition coefficient (Wildman–Crippen LogP) is 3.48. The van der Waals surface area contributed by atoms with E-state index < -0.39 is 0 Å². The van der Waals surface area contributed by atoms with E-state index in [9.17, 15) is 5.11 Å². The molecule has 1 aromatic carbocycles. The highest BCUT2D eigenvalue weighted by Crippen LogP contribution is 2.38. The molecule has 1 N–H and O–H groups in total. The van der Waals surface area contributed by atoms with Crippen molar-refractivity contribution in [1.29, 1.82) is 0 Å². The summed E-state index contributed by atoms with van der Waals surface area (Å²) in [7, 11) is 0. The quantitative estimate of drug-likeness (QED) is 0.899. The van der Waals surface area contributed by atoms with Gasteiger partial charge in [0, 0.05) is 18.6 Å². The minimum atomic E-state index is -0.117. The summed E-state index contributed by atoms with van der Waals surface area (Å²) >= 11 is 12.3. The van der Waals surface area contributed by atoms with Gasteiger partial charge < -0.3 is 5.11 Å². The van der Waals surface area contributed by atoms with Crippen molar-refractivity contribution in [2.24, 2.45) is 0 Å². The predicted molar refractivity (Wildman–Crippen MR) is 74.1 cm³/mol. The van der Waals surface area contributed by atoms with E-state index in [1.807, 2.05) is 18.2 Å². The van der Waals surface area contributed by atoms with Crippen LogP contribution in [0.2, 0.25) is 10.0 Å². The molecule has 2 heterocycles. The van der Waals surface area contributed by atoms with Crippen molar-refractivity contribution in [3.63, 3.8) is 0 Å². The Bertz CT molecular complexity index is 437. The third kappa shape index (κ3) is 2.27. The van der Waals surface area contributed by atoms with Gasteiger partial charge in [0.15, 0.2) is 0 Å². The average Bonchev–Trinajstić information content (AvgIpc) is 2.58. The first-order valence-corrected chi connectivity index (χ1v) is 7.27. The monoisotopic (exact) mass is 285 g/mol. The van der Waals surface area contributed by atoms with Crippen molar-refractivity contribution in [3.8, 4) is 0 Å². The summed E-state index contributed by atoms with van der Waals surface area (Å²) in [6.45, 7) is 0.849. The number of rotatable bonds is 2. The van der Waals surface area contributed by atoms with Gasteiger partial charge in [-0.1, -0.05) is 35.3 Å². The van der Waals surface area contributed by atoms with Crippen molar-refractivity contribution < 1.29 is 5.11 Å². The van der Waals surface area contributed by atoms with Crippen LogP contribution in [-0.2, 0) is 6.54 Å². The number of hydrogen-bond donors (Lipinski definition) is 1. The molecule has 2 aliphatic rings. The normalized spacial score (nSPS) is 31.8. The SMILES string of the molecule is OC1CC2CCC(C1)N2Cc1cccc(Cl)c1Cl. The molecule has 0 radical (unpaired) electrons. The Morgan fingerprint density at radius 3 is 2.50 bits per heavy atom. The zero-order valence-electron chi connectivity index (χ0n) is 10.1. The highest BCUT2D eigenvalue weighted by atomic mass is 35.5. The van der Waals surface area contributed by atoms with Crippen molar-refractivity contribution in [2.45, 2.75) is 50.4 Å². The van der Waals surface area contributed by atoms with Gasteiger partial charge in [-0.2, -0.15) is 0 Å². The Kier molecular flexibility index (Phi) is 3.55. The molecule has 0 aliphatic carbocycles. The Labute approximate surface area is 117 Å². The smallest absolute Gasteiger partial charge is 0.0637 e. The number of halogens is 2. The van der Waals surface area contributed by atoms with Crippen molar-refractivity contribution in [2.75, 3.05) is 0 Å². The van der Waals surface area contributed by atoms with Crippen LogP contribution in [0.15, 0.2) is 18.2 Å². The van der Waals surface area contributed by atoms with Gasteiger partial charge >= 0.3 is 0 Å². The standard InChI is InChI=1S/C14H17Cl2NO/c15-13-3-1-2-9(14(13)16)8-17-10-4-5-11(17)7-12(18)6-10/h1-3,10-12,18H,4-8H2. The van der Waals surface area contributed by atoms with E-state index in [0.29, 0.717) is 22.1 Å². The van der Waals surface area contributed by atoms with Crippen LogP contribution in [0.1, 0.15) is 31.2 Å². The summed E-state index contributed by atoms with van der Waals surface area (Å²) in [5, 5.41) is 11.1. The van der Waals surface area contributed by atoms with Gasteiger partial charge in [-0.15, -0.1) is 0 Å². The van der Waals surface area contributed by atoms with Crippen LogP contribution in [0, 0.1) is 0 Å². The maximum atomic E-state index is 9.80. The Balaban J connectivity index is 1.79. The van der Waals surface area contributed by atoms with Crippen LogP contribution in [0.5, 0.6) is 0 Å². The molecule has 0 spiro atoms. The third-order valence-electron chi connectivity index (χ3n) is 4.24. The number of aliphatic hydroxyl groups excluding tert-OH is 1. The second kappa shape index (κ2) is 5.01. The lowest BCUT2D eigenvalue weighted by Gasteiger charge is -2.37. The molecule has 18 heavy (non-hydrogen) atoms. The maximum Gasteiger partial charge on any atom is 0.0637 e. The highest BCUT2D eigenvalue weighted by molar-refractivity contribution is 6.42. The summed E-state index contributed by atoms with van der Waals surface area (Å²) in [6.07, 6.45) is 4.07. The topological polar surface area (TPSA) is 23.5 Å². The molecule has 0 aromatic heterocycles. The fourth-order valence-corrected chi connectivity index (χ4v) is 3.75. The molecule has 2 saturated heterocycles. The fraction of sp³-hybridized carbons (Fsp3) is 0.571. The lowest BCUT2D eigenvalue weighted by Crippen LogP contribution is -2.44. The van der Waals surface area contributed by atoms with Crippen LogP contribution in [-0.4, -0.2) is 28.2 Å². The molecule has 0 amide bonds. The van der Waals surface area contributed by atoms with Crippen molar-refractivity contribution >= 4 is 23.2 Å². The molecule has 2 unspecified atom stereocenters. The lowest BCUT2D eigenvalue weighted by atomic mass is 9.99. The third-order valence-corrected chi connectivity index (χ3v) is 5.10. The second-order valence-electron chi connectivity index (χ2n) is 5.40. The summed E-state index contributed by atoms with van der Waals surface area (Å²) < 4.78 is 0. The Morgan fingerprint density at radius 2 is 1.83 bits per heavy atom. The molecule has 1 aromatic rings. The average molecular weight is 286 g/mol. The number of benzene rings is 1. The van der Waals surface area contributed by atoms with Gasteiger partial charge in [0.1, 0.15) is 0 Å². The first-order valence-electron chi connectivity index (χ1n) is 6.52. The van der Waals surface area contributed by atoms with Gasteiger partial charge in [0.05, 0.1) is 16.1 Å². The summed E-state index contributed by atoms with van der Waals surface area (Å²) in [5.41, 5.74) is 1.09. The number of aliphatic hydroxyl groups is 1. The molecular weight excluding hydrogens is 269 g/mol. The van der Waals surface area contributed by atoms with Gasteiger partial charge in [0.25, 0.3) is 0 Å². The largest absolute Gasteiger partial charge is 0.393 e. The fourth-order valence-electron chi connectivity index (χ4n) is 3.37. The van der Waals surface area contributed by atoms with Crippen LogP contribution in [0.25, 0.3) is 0 Å². The molecule has 2 fully saturated rings. The van der Waals surface area contributed by atoms with Crippen LogP contribution in [0.4, 0.5) is 0 Å². The summed E-state index contributed by atoms with van der Waals surface area (Å²) in [5.74, 6) is 0. The molecule has 0 saturated carbocycles. The maximum absolute atomic E-state index is 9.80. The number of hydrogen-bond acceptors (Lipinski definition) is 2. The summed E-state index contributed by atoms with van der Waals surface area (Å²) in [4.78, 5) is 2.49. The van der Waals surface area contributed by atoms with Gasteiger partial charge in [-0.25, -0.2) is 0 Å². The van der Waals surface area contributed by atoms with E-state index >= 15 is 0 Å².